The Morgan fingerprint density at radius 3 is 2.29 bits per heavy atom. The van der Waals surface area contributed by atoms with Crippen LogP contribution < -0.4 is 10.2 Å². The van der Waals surface area contributed by atoms with Crippen molar-refractivity contribution in [3.05, 3.63) is 101 Å². The van der Waals surface area contributed by atoms with Crippen molar-refractivity contribution in [3.63, 3.8) is 0 Å². The molecule has 1 fully saturated rings. The molecule has 0 spiro atoms. The number of aryl methyl sites for hydroxylation is 2. The Bertz CT molecular complexity index is 1720. The van der Waals surface area contributed by atoms with Gasteiger partial charge in [0, 0.05) is 11.1 Å². The summed E-state index contributed by atoms with van der Waals surface area (Å²) in [5, 5.41) is 3.13. The molecule has 276 valence electrons. The van der Waals surface area contributed by atoms with Gasteiger partial charge < -0.3 is 19.5 Å². The summed E-state index contributed by atoms with van der Waals surface area (Å²) in [4.78, 5) is 67.5. The maximum atomic E-state index is 14.1. The van der Waals surface area contributed by atoms with Gasteiger partial charge >= 0.3 is 17.9 Å². The predicted molar refractivity (Wildman–Crippen MR) is 196 cm³/mol. The minimum atomic E-state index is -0.778. The maximum Gasteiger partial charge on any atom is 0.341 e. The summed E-state index contributed by atoms with van der Waals surface area (Å²) in [5.74, 6) is -1.97. The van der Waals surface area contributed by atoms with E-state index in [0.29, 0.717) is 36.9 Å². The second-order valence-electron chi connectivity index (χ2n) is 14.8. The first-order chi connectivity index (χ1) is 25.0. The summed E-state index contributed by atoms with van der Waals surface area (Å²) >= 11 is 0. The van der Waals surface area contributed by atoms with E-state index in [9.17, 15) is 24.0 Å². The van der Waals surface area contributed by atoms with Crippen LogP contribution in [0.2, 0.25) is 0 Å². The first kappa shape index (κ1) is 38.2. The van der Waals surface area contributed by atoms with E-state index in [1.807, 2.05) is 66.7 Å². The molecular formula is C42H50N2O8. The number of unbranched alkanes of at least 4 members (excludes halogenated alkanes) is 1. The van der Waals surface area contributed by atoms with Gasteiger partial charge in [-0.15, -0.1) is 0 Å². The summed E-state index contributed by atoms with van der Waals surface area (Å²) in [5.41, 5.74) is 2.41. The van der Waals surface area contributed by atoms with Gasteiger partial charge in [0.1, 0.15) is 19.2 Å². The number of para-hydroxylation sites is 1. The Morgan fingerprint density at radius 2 is 1.54 bits per heavy atom. The number of benzene rings is 3. The van der Waals surface area contributed by atoms with Gasteiger partial charge in [0.25, 0.3) is 0 Å². The molecule has 1 aliphatic carbocycles. The Labute approximate surface area is 306 Å². The van der Waals surface area contributed by atoms with E-state index in [4.69, 9.17) is 14.2 Å². The number of hydrogen-bond acceptors (Lipinski definition) is 8. The zero-order valence-corrected chi connectivity index (χ0v) is 30.5. The van der Waals surface area contributed by atoms with Crippen molar-refractivity contribution in [2.75, 3.05) is 18.2 Å². The van der Waals surface area contributed by atoms with Crippen LogP contribution in [0, 0.1) is 10.8 Å². The maximum absolute atomic E-state index is 14.1. The van der Waals surface area contributed by atoms with Crippen LogP contribution in [0.1, 0.15) is 99.2 Å². The van der Waals surface area contributed by atoms with Crippen molar-refractivity contribution in [2.24, 2.45) is 10.8 Å². The number of hydrogen-bond donors (Lipinski definition) is 1. The van der Waals surface area contributed by atoms with Crippen LogP contribution in [0.15, 0.2) is 78.9 Å². The lowest BCUT2D eigenvalue weighted by atomic mass is 9.79. The van der Waals surface area contributed by atoms with Crippen LogP contribution in [0.4, 0.5) is 5.69 Å². The molecule has 1 aliphatic heterocycles. The second kappa shape index (κ2) is 17.5. The SMILES string of the molecule is CC(C)(C)C(=O)OCOC(=O)c1ccccc1CCCCC1(C(=O)NC2CCc3ccccc3N(CC(=O)OCc3ccccc3)C2=O)CCCC1. The zero-order valence-electron chi connectivity index (χ0n) is 30.5. The highest BCUT2D eigenvalue weighted by Gasteiger charge is 2.43. The Morgan fingerprint density at radius 1 is 0.846 bits per heavy atom. The molecule has 2 aliphatic rings. The van der Waals surface area contributed by atoms with Gasteiger partial charge in [0.15, 0.2) is 0 Å². The number of nitrogens with one attached hydrogen (secondary N) is 1. The van der Waals surface area contributed by atoms with Gasteiger partial charge in [-0.3, -0.25) is 24.1 Å². The summed E-state index contributed by atoms with van der Waals surface area (Å²) in [6.45, 7) is 4.58. The minimum absolute atomic E-state index is 0.108. The molecule has 3 aromatic rings. The Balaban J connectivity index is 1.18. The molecule has 10 heteroatoms. The largest absolute Gasteiger partial charge is 0.459 e. The number of rotatable bonds is 14. The summed E-state index contributed by atoms with van der Waals surface area (Å²) in [7, 11) is 0. The molecule has 0 saturated heterocycles. The van der Waals surface area contributed by atoms with E-state index >= 15 is 0 Å². The number of ether oxygens (including phenoxy) is 3. The number of carbonyl (C=O) groups is 5. The van der Waals surface area contributed by atoms with Gasteiger partial charge in [-0.2, -0.15) is 0 Å². The number of anilines is 1. The average molecular weight is 711 g/mol. The van der Waals surface area contributed by atoms with Crippen LogP contribution in [-0.4, -0.2) is 49.1 Å². The van der Waals surface area contributed by atoms with Crippen LogP contribution >= 0.6 is 0 Å². The first-order valence-electron chi connectivity index (χ1n) is 18.3. The van der Waals surface area contributed by atoms with E-state index in [1.165, 1.54) is 4.90 Å². The third kappa shape index (κ3) is 9.86. The van der Waals surface area contributed by atoms with Gasteiger partial charge in [-0.05, 0) is 94.5 Å². The zero-order chi connectivity index (χ0) is 37.1. The molecule has 3 aromatic carbocycles. The predicted octanol–water partition coefficient (Wildman–Crippen LogP) is 6.87. The topological polar surface area (TPSA) is 128 Å². The van der Waals surface area contributed by atoms with Gasteiger partial charge in [0.05, 0.1) is 11.0 Å². The van der Waals surface area contributed by atoms with E-state index in [1.54, 1.807) is 32.9 Å². The highest BCUT2D eigenvalue weighted by molar-refractivity contribution is 6.03. The lowest BCUT2D eigenvalue weighted by Crippen LogP contribution is -2.52. The van der Waals surface area contributed by atoms with E-state index < -0.39 is 41.6 Å². The van der Waals surface area contributed by atoms with Crippen LogP contribution in [0.5, 0.6) is 0 Å². The van der Waals surface area contributed by atoms with E-state index in [0.717, 1.165) is 55.2 Å². The van der Waals surface area contributed by atoms with Crippen molar-refractivity contribution in [3.8, 4) is 0 Å². The second-order valence-corrected chi connectivity index (χ2v) is 14.8. The van der Waals surface area contributed by atoms with Gasteiger partial charge in [-0.1, -0.05) is 86.0 Å². The van der Waals surface area contributed by atoms with E-state index in [-0.39, 0.29) is 25.0 Å². The molecule has 1 atom stereocenters. The van der Waals surface area contributed by atoms with Gasteiger partial charge in [0.2, 0.25) is 18.6 Å². The number of carbonyl (C=O) groups excluding carboxylic acids is 5. The molecule has 1 heterocycles. The third-order valence-corrected chi connectivity index (χ3v) is 10.0. The van der Waals surface area contributed by atoms with Crippen molar-refractivity contribution in [1.82, 2.24) is 5.32 Å². The normalized spacial score (nSPS) is 16.7. The molecule has 1 N–H and O–H groups in total. The molecule has 0 aromatic heterocycles. The molecule has 2 amide bonds. The molecule has 1 unspecified atom stereocenters. The standard InChI is InChI=1S/C42H50N2O8/c1-41(2,3)40(49)52-29-51-38(47)33-20-9-7-17-31(33)18-11-12-24-42(25-13-14-26-42)39(48)43-34-23-22-32-19-8-10-21-35(32)44(37(34)46)27-36(45)50-28-30-15-5-4-6-16-30/h4-10,15-17,19-21,34H,11-14,18,22-29H2,1-3H3,(H,43,48). The van der Waals surface area contributed by atoms with Crippen molar-refractivity contribution < 1.29 is 38.2 Å². The lowest BCUT2D eigenvalue weighted by molar-refractivity contribution is -0.161. The number of nitrogens with zero attached hydrogens (tertiary/aromatic N) is 1. The fraction of sp³-hybridized carbons (Fsp3) is 0.452. The van der Waals surface area contributed by atoms with Gasteiger partial charge in [-0.25, -0.2) is 4.79 Å². The summed E-state index contributed by atoms with van der Waals surface area (Å²) in [6, 6.07) is 23.4. The molecule has 0 radical (unpaired) electrons. The van der Waals surface area contributed by atoms with Crippen molar-refractivity contribution in [2.45, 2.75) is 97.6 Å². The highest BCUT2D eigenvalue weighted by Crippen LogP contribution is 2.43. The average Bonchev–Trinajstić information content (AvgIpc) is 3.59. The molecule has 0 bridgehead atoms. The number of esters is 3. The molecule has 10 nitrogen and oxygen atoms in total. The Kier molecular flexibility index (Phi) is 12.9. The Hall–Kier alpha value is -4.99. The molecular weight excluding hydrogens is 660 g/mol. The minimum Gasteiger partial charge on any atom is -0.459 e. The molecule has 5 rings (SSSR count). The highest BCUT2D eigenvalue weighted by atomic mass is 16.7. The first-order valence-corrected chi connectivity index (χ1v) is 18.3. The summed E-state index contributed by atoms with van der Waals surface area (Å²) in [6.07, 6.45) is 7.13. The lowest BCUT2D eigenvalue weighted by Gasteiger charge is -2.31. The van der Waals surface area contributed by atoms with Crippen LogP contribution in [0.3, 0.4) is 0 Å². The number of fused-ring (bicyclic) bond motifs is 1. The fourth-order valence-electron chi connectivity index (χ4n) is 7.03. The fourth-order valence-corrected chi connectivity index (χ4v) is 7.03. The van der Waals surface area contributed by atoms with E-state index in [2.05, 4.69) is 5.32 Å². The molecule has 52 heavy (non-hydrogen) atoms. The van der Waals surface area contributed by atoms with Crippen molar-refractivity contribution in [1.29, 1.82) is 0 Å². The molecule has 1 saturated carbocycles. The monoisotopic (exact) mass is 710 g/mol. The van der Waals surface area contributed by atoms with Crippen molar-refractivity contribution >= 4 is 35.4 Å². The quantitative estimate of drug-likeness (QED) is 0.109. The summed E-state index contributed by atoms with van der Waals surface area (Å²) < 4.78 is 15.9. The van der Waals surface area contributed by atoms with Crippen LogP contribution in [-0.2, 0) is 52.8 Å². The number of amides is 2. The smallest absolute Gasteiger partial charge is 0.341 e. The third-order valence-electron chi connectivity index (χ3n) is 10.0. The van der Waals surface area contributed by atoms with Crippen LogP contribution in [0.25, 0.3) is 0 Å².